The molecule has 2 aromatic carbocycles. The maximum atomic E-state index is 12.3. The number of aromatic hydroxyl groups is 1. The van der Waals surface area contributed by atoms with Crippen molar-refractivity contribution in [2.45, 2.75) is 6.61 Å². The number of anilines is 1. The van der Waals surface area contributed by atoms with E-state index >= 15 is 0 Å². The summed E-state index contributed by atoms with van der Waals surface area (Å²) >= 11 is 1.51. The van der Waals surface area contributed by atoms with Crippen LogP contribution in [0.4, 0.5) is 5.69 Å². The van der Waals surface area contributed by atoms with Gasteiger partial charge in [-0.25, -0.2) is 4.98 Å². The number of ether oxygens (including phenoxy) is 1. The van der Waals surface area contributed by atoms with Gasteiger partial charge in [0.2, 0.25) is 0 Å². The van der Waals surface area contributed by atoms with E-state index < -0.39 is 0 Å². The molecule has 0 aliphatic rings. The summed E-state index contributed by atoms with van der Waals surface area (Å²) in [5.41, 5.74) is 3.41. The van der Waals surface area contributed by atoms with E-state index in [1.807, 2.05) is 5.38 Å². The molecule has 116 valence electrons. The molecule has 0 radical (unpaired) electrons. The van der Waals surface area contributed by atoms with Gasteiger partial charge in [-0.1, -0.05) is 18.2 Å². The molecule has 1 heterocycles. The van der Waals surface area contributed by atoms with Crippen molar-refractivity contribution in [1.29, 1.82) is 0 Å². The highest BCUT2D eigenvalue weighted by Gasteiger charge is 2.09. The third kappa shape index (κ3) is 3.87. The molecule has 0 saturated carbocycles. The Bertz CT molecular complexity index is 803. The summed E-state index contributed by atoms with van der Waals surface area (Å²) in [7, 11) is 0. The molecule has 1 amide bonds. The van der Waals surface area contributed by atoms with Crippen LogP contribution in [0.1, 0.15) is 16.1 Å². The second-order valence-corrected chi connectivity index (χ2v) is 5.49. The number of thiazole rings is 1. The van der Waals surface area contributed by atoms with Crippen molar-refractivity contribution in [3.05, 3.63) is 70.7 Å². The van der Waals surface area contributed by atoms with Crippen LogP contribution in [0, 0.1) is 0 Å². The Morgan fingerprint density at radius 3 is 2.87 bits per heavy atom. The van der Waals surface area contributed by atoms with E-state index in [0.29, 0.717) is 23.6 Å². The fourth-order valence-corrected chi connectivity index (χ4v) is 2.51. The molecule has 1 aromatic heterocycles. The lowest BCUT2D eigenvalue weighted by Crippen LogP contribution is -2.12. The zero-order chi connectivity index (χ0) is 16.1. The second kappa shape index (κ2) is 6.93. The number of hydrogen-bond acceptors (Lipinski definition) is 5. The molecule has 3 rings (SSSR count). The van der Waals surface area contributed by atoms with Crippen LogP contribution in [-0.4, -0.2) is 16.0 Å². The highest BCUT2D eigenvalue weighted by atomic mass is 32.1. The number of carbonyl (C=O) groups is 1. The standard InChI is InChI=1S/C17H14N2O3S/c20-16-7-2-1-6-15(16)19-17(21)12-4-3-5-14(8-12)22-9-13-10-23-11-18-13/h1-8,10-11,20H,9H2,(H,19,21). The number of benzene rings is 2. The van der Waals surface area contributed by atoms with Crippen LogP contribution < -0.4 is 10.1 Å². The van der Waals surface area contributed by atoms with Gasteiger partial charge in [0.15, 0.2) is 0 Å². The van der Waals surface area contributed by atoms with E-state index in [1.165, 1.54) is 17.4 Å². The molecule has 0 fully saturated rings. The SMILES string of the molecule is O=C(Nc1ccccc1O)c1cccc(OCc2cscn2)c1. The first-order valence-electron chi connectivity index (χ1n) is 6.91. The number of carbonyl (C=O) groups excluding carboxylic acids is 1. The molecule has 0 aliphatic heterocycles. The van der Waals surface area contributed by atoms with Gasteiger partial charge in [0.25, 0.3) is 5.91 Å². The summed E-state index contributed by atoms with van der Waals surface area (Å²) in [4.78, 5) is 16.4. The highest BCUT2D eigenvalue weighted by molar-refractivity contribution is 7.07. The van der Waals surface area contributed by atoms with Crippen molar-refractivity contribution in [2.75, 3.05) is 5.32 Å². The van der Waals surface area contributed by atoms with E-state index in [9.17, 15) is 9.90 Å². The summed E-state index contributed by atoms with van der Waals surface area (Å²) in [5.74, 6) is 0.297. The van der Waals surface area contributed by atoms with Gasteiger partial charge >= 0.3 is 0 Å². The van der Waals surface area contributed by atoms with Crippen molar-refractivity contribution in [2.24, 2.45) is 0 Å². The average molecular weight is 326 g/mol. The normalized spacial score (nSPS) is 10.3. The van der Waals surface area contributed by atoms with Gasteiger partial charge in [0.05, 0.1) is 16.9 Å². The van der Waals surface area contributed by atoms with E-state index in [0.717, 1.165) is 5.69 Å². The van der Waals surface area contributed by atoms with E-state index in [1.54, 1.807) is 48.0 Å². The zero-order valence-electron chi connectivity index (χ0n) is 12.1. The molecule has 3 aromatic rings. The number of phenolic OH excluding ortho intramolecular Hbond substituents is 1. The summed E-state index contributed by atoms with van der Waals surface area (Å²) in [5, 5.41) is 14.3. The Kier molecular flexibility index (Phi) is 4.54. The second-order valence-electron chi connectivity index (χ2n) is 4.77. The zero-order valence-corrected chi connectivity index (χ0v) is 12.9. The molecule has 23 heavy (non-hydrogen) atoms. The molecule has 0 unspecified atom stereocenters. The summed E-state index contributed by atoms with van der Waals surface area (Å²) in [6.45, 7) is 0.355. The Balaban J connectivity index is 1.69. The van der Waals surface area contributed by atoms with Crippen LogP contribution in [0.15, 0.2) is 59.4 Å². The molecule has 2 N–H and O–H groups in total. The number of hydrogen-bond donors (Lipinski definition) is 2. The maximum absolute atomic E-state index is 12.3. The monoisotopic (exact) mass is 326 g/mol. The predicted octanol–water partition coefficient (Wildman–Crippen LogP) is 3.68. The number of amides is 1. The molecule has 0 spiro atoms. The summed E-state index contributed by atoms with van der Waals surface area (Å²) in [6.07, 6.45) is 0. The first kappa shape index (κ1) is 15.1. The third-order valence-electron chi connectivity index (χ3n) is 3.12. The van der Waals surface area contributed by atoms with Gasteiger partial charge in [0, 0.05) is 10.9 Å². The number of phenols is 1. The van der Waals surface area contributed by atoms with Crippen LogP contribution in [0.3, 0.4) is 0 Å². The minimum atomic E-state index is -0.314. The lowest BCUT2D eigenvalue weighted by Gasteiger charge is -2.09. The topological polar surface area (TPSA) is 71.5 Å². The van der Waals surface area contributed by atoms with Crippen LogP contribution >= 0.6 is 11.3 Å². The molecular weight excluding hydrogens is 312 g/mol. The van der Waals surface area contributed by atoms with Gasteiger partial charge in [0.1, 0.15) is 18.1 Å². The Morgan fingerprint density at radius 2 is 2.09 bits per heavy atom. The molecule has 6 heteroatoms. The summed E-state index contributed by atoms with van der Waals surface area (Å²) in [6, 6.07) is 13.4. The summed E-state index contributed by atoms with van der Waals surface area (Å²) < 4.78 is 5.63. The van der Waals surface area contributed by atoms with Gasteiger partial charge in [-0.15, -0.1) is 11.3 Å². The molecule has 0 bridgehead atoms. The van der Waals surface area contributed by atoms with Gasteiger partial charge in [-0.3, -0.25) is 4.79 Å². The average Bonchev–Trinajstić information content (AvgIpc) is 3.09. The highest BCUT2D eigenvalue weighted by Crippen LogP contribution is 2.23. The number of para-hydroxylation sites is 2. The Morgan fingerprint density at radius 1 is 1.22 bits per heavy atom. The van der Waals surface area contributed by atoms with Crippen molar-refractivity contribution < 1.29 is 14.6 Å². The van der Waals surface area contributed by atoms with E-state index in [2.05, 4.69) is 10.3 Å². The first-order valence-corrected chi connectivity index (χ1v) is 7.86. The number of nitrogens with zero attached hydrogens (tertiary/aromatic N) is 1. The Hall–Kier alpha value is -2.86. The minimum absolute atomic E-state index is 0.0248. The lowest BCUT2D eigenvalue weighted by molar-refractivity contribution is 0.102. The maximum Gasteiger partial charge on any atom is 0.255 e. The minimum Gasteiger partial charge on any atom is -0.506 e. The predicted molar refractivity (Wildman–Crippen MR) is 88.9 cm³/mol. The first-order chi connectivity index (χ1) is 11.2. The Labute approximate surface area is 137 Å². The van der Waals surface area contributed by atoms with Crippen molar-refractivity contribution in [1.82, 2.24) is 4.98 Å². The van der Waals surface area contributed by atoms with Crippen LogP contribution in [-0.2, 0) is 6.61 Å². The van der Waals surface area contributed by atoms with Crippen LogP contribution in [0.2, 0.25) is 0 Å². The molecule has 0 saturated heterocycles. The van der Waals surface area contributed by atoms with Crippen molar-refractivity contribution in [3.63, 3.8) is 0 Å². The smallest absolute Gasteiger partial charge is 0.255 e. The van der Waals surface area contributed by atoms with Crippen molar-refractivity contribution >= 4 is 22.9 Å². The third-order valence-corrected chi connectivity index (χ3v) is 3.75. The largest absolute Gasteiger partial charge is 0.506 e. The van der Waals surface area contributed by atoms with Crippen molar-refractivity contribution in [3.8, 4) is 11.5 Å². The van der Waals surface area contributed by atoms with Crippen LogP contribution in [0.5, 0.6) is 11.5 Å². The molecule has 0 aliphatic carbocycles. The lowest BCUT2D eigenvalue weighted by atomic mass is 10.2. The quantitative estimate of drug-likeness (QED) is 0.702. The molecule has 5 nitrogen and oxygen atoms in total. The fraction of sp³-hybridized carbons (Fsp3) is 0.0588. The van der Waals surface area contributed by atoms with Gasteiger partial charge in [-0.2, -0.15) is 0 Å². The number of nitrogens with one attached hydrogen (secondary N) is 1. The molecular formula is C17H14N2O3S. The number of rotatable bonds is 5. The van der Waals surface area contributed by atoms with Gasteiger partial charge < -0.3 is 15.2 Å². The van der Waals surface area contributed by atoms with E-state index in [4.69, 9.17) is 4.74 Å². The fourth-order valence-electron chi connectivity index (χ4n) is 1.97. The van der Waals surface area contributed by atoms with Crippen LogP contribution in [0.25, 0.3) is 0 Å². The number of aromatic nitrogens is 1. The van der Waals surface area contributed by atoms with E-state index in [-0.39, 0.29) is 11.7 Å². The van der Waals surface area contributed by atoms with Gasteiger partial charge in [-0.05, 0) is 30.3 Å². The molecule has 0 atom stereocenters.